The third kappa shape index (κ3) is 3.66. The number of nitrogens with zero attached hydrogens (tertiary/aromatic N) is 2. The molecule has 1 atom stereocenters. The first kappa shape index (κ1) is 17.5. The van der Waals surface area contributed by atoms with E-state index in [1.807, 2.05) is 0 Å². The molecule has 1 saturated heterocycles. The molecule has 0 aliphatic carbocycles. The van der Waals surface area contributed by atoms with E-state index in [4.69, 9.17) is 20.8 Å². The second-order valence-corrected chi connectivity index (χ2v) is 6.82. The molecule has 1 unspecified atom stereocenters. The zero-order valence-electron chi connectivity index (χ0n) is 14.4. The van der Waals surface area contributed by atoms with E-state index in [1.165, 1.54) is 12.3 Å². The summed E-state index contributed by atoms with van der Waals surface area (Å²) in [6.07, 6.45) is 4.54. The average Bonchev–Trinajstić information content (AvgIpc) is 2.69. The molecule has 3 heterocycles. The van der Waals surface area contributed by atoms with Gasteiger partial charge < -0.3 is 14.1 Å². The summed E-state index contributed by atoms with van der Waals surface area (Å²) in [7, 11) is 0. The Labute approximate surface area is 160 Å². The van der Waals surface area contributed by atoms with Gasteiger partial charge in [-0.2, -0.15) is 0 Å². The van der Waals surface area contributed by atoms with Crippen LogP contribution in [0, 0.1) is 0 Å². The maximum absolute atomic E-state index is 12.9. The number of carbonyl (C=O) groups is 1. The zero-order valence-corrected chi connectivity index (χ0v) is 15.2. The number of benzene rings is 1. The first-order valence-electron chi connectivity index (χ1n) is 8.70. The Bertz CT molecular complexity index is 1050. The number of amides is 1. The van der Waals surface area contributed by atoms with Crippen molar-refractivity contribution in [3.8, 4) is 5.75 Å². The van der Waals surface area contributed by atoms with Gasteiger partial charge in [0.25, 0.3) is 5.91 Å². The van der Waals surface area contributed by atoms with E-state index >= 15 is 0 Å². The van der Waals surface area contributed by atoms with Crippen LogP contribution in [0.5, 0.6) is 5.75 Å². The molecule has 0 saturated carbocycles. The highest BCUT2D eigenvalue weighted by molar-refractivity contribution is 6.31. The number of fused-ring (bicyclic) bond motifs is 1. The summed E-state index contributed by atoms with van der Waals surface area (Å²) in [6.45, 7) is 0.979. The third-order valence-corrected chi connectivity index (χ3v) is 4.82. The number of para-hydroxylation sites is 1. The predicted octanol–water partition coefficient (Wildman–Crippen LogP) is 3.53. The first-order valence-corrected chi connectivity index (χ1v) is 9.08. The Morgan fingerprint density at radius 1 is 1.30 bits per heavy atom. The van der Waals surface area contributed by atoms with Crippen LogP contribution in [0.3, 0.4) is 0 Å². The molecule has 6 nitrogen and oxygen atoms in total. The molecular formula is C20H17ClN2O4. The van der Waals surface area contributed by atoms with Crippen molar-refractivity contribution in [2.24, 2.45) is 0 Å². The van der Waals surface area contributed by atoms with Crippen LogP contribution in [-0.4, -0.2) is 35.0 Å². The number of rotatable bonds is 3. The average molecular weight is 385 g/mol. The van der Waals surface area contributed by atoms with Crippen LogP contribution in [0.1, 0.15) is 23.4 Å². The van der Waals surface area contributed by atoms with Gasteiger partial charge in [-0.05, 0) is 25.0 Å². The van der Waals surface area contributed by atoms with Gasteiger partial charge in [0.15, 0.2) is 11.2 Å². The summed E-state index contributed by atoms with van der Waals surface area (Å²) in [5.74, 6) is 0.275. The van der Waals surface area contributed by atoms with Crippen LogP contribution in [0.15, 0.2) is 58.0 Å². The minimum atomic E-state index is -0.313. The summed E-state index contributed by atoms with van der Waals surface area (Å²) < 4.78 is 11.6. The van der Waals surface area contributed by atoms with Gasteiger partial charge in [-0.3, -0.25) is 14.6 Å². The van der Waals surface area contributed by atoms with Crippen molar-refractivity contribution in [2.75, 3.05) is 13.1 Å². The second-order valence-electron chi connectivity index (χ2n) is 6.41. The Morgan fingerprint density at radius 2 is 2.15 bits per heavy atom. The summed E-state index contributed by atoms with van der Waals surface area (Å²) in [5.41, 5.74) is 0.176. The highest BCUT2D eigenvalue weighted by Gasteiger charge is 2.28. The van der Waals surface area contributed by atoms with Gasteiger partial charge in [-0.15, -0.1) is 0 Å². The summed E-state index contributed by atoms with van der Waals surface area (Å²) >= 11 is 6.09. The molecule has 4 rings (SSSR count). The fourth-order valence-electron chi connectivity index (χ4n) is 3.22. The molecule has 1 aliphatic rings. The molecule has 0 N–H and O–H groups in total. The van der Waals surface area contributed by atoms with Crippen LogP contribution in [-0.2, 0) is 0 Å². The van der Waals surface area contributed by atoms with Gasteiger partial charge in [0.05, 0.1) is 11.9 Å². The molecule has 1 aromatic carbocycles. The highest BCUT2D eigenvalue weighted by atomic mass is 35.5. The Morgan fingerprint density at radius 3 is 3.00 bits per heavy atom. The summed E-state index contributed by atoms with van der Waals surface area (Å²) in [5, 5.41) is 0.891. The van der Waals surface area contributed by atoms with Crippen molar-refractivity contribution in [3.63, 3.8) is 0 Å². The molecule has 7 heteroatoms. The number of hydrogen-bond acceptors (Lipinski definition) is 5. The lowest BCUT2D eigenvalue weighted by atomic mass is 10.1. The molecule has 0 bridgehead atoms. The van der Waals surface area contributed by atoms with Crippen LogP contribution in [0.2, 0.25) is 5.02 Å². The summed E-state index contributed by atoms with van der Waals surface area (Å²) in [6, 6.07) is 9.85. The van der Waals surface area contributed by atoms with E-state index in [2.05, 4.69) is 4.98 Å². The number of hydrogen-bond donors (Lipinski definition) is 0. The molecule has 2 aromatic heterocycles. The maximum Gasteiger partial charge on any atom is 0.289 e. The van der Waals surface area contributed by atoms with Gasteiger partial charge in [-0.25, -0.2) is 0 Å². The summed E-state index contributed by atoms with van der Waals surface area (Å²) in [4.78, 5) is 30.7. The van der Waals surface area contributed by atoms with Gasteiger partial charge in [0.1, 0.15) is 22.5 Å². The predicted molar refractivity (Wildman–Crippen MR) is 101 cm³/mol. The van der Waals surface area contributed by atoms with Crippen molar-refractivity contribution in [3.05, 3.63) is 69.8 Å². The minimum absolute atomic E-state index is 0.0429. The third-order valence-electron chi connectivity index (χ3n) is 4.54. The molecular weight excluding hydrogens is 368 g/mol. The standard InChI is InChI=1S/C20H17ClN2O4/c21-15-11-22-8-7-18(15)26-13-4-3-9-23(12-13)20(25)19-10-16(24)14-5-1-2-6-17(14)27-19/h1-2,5-8,10-11,13H,3-4,9,12H2. The minimum Gasteiger partial charge on any atom is -0.487 e. The lowest BCUT2D eigenvalue weighted by Gasteiger charge is -2.32. The van der Waals surface area contributed by atoms with E-state index < -0.39 is 0 Å². The van der Waals surface area contributed by atoms with Crippen molar-refractivity contribution in [2.45, 2.75) is 18.9 Å². The molecule has 3 aromatic rings. The van der Waals surface area contributed by atoms with Gasteiger partial charge in [0, 0.05) is 31.1 Å². The van der Waals surface area contributed by atoms with Crippen LogP contribution in [0.4, 0.5) is 0 Å². The second kappa shape index (κ2) is 7.40. The normalized spacial score (nSPS) is 17.1. The molecule has 0 spiro atoms. The number of ether oxygens (including phenoxy) is 1. The number of likely N-dealkylation sites (tertiary alicyclic amines) is 1. The SMILES string of the molecule is O=C(c1cc(=O)c2ccccc2o1)N1CCCC(Oc2ccncc2Cl)C1. The fourth-order valence-corrected chi connectivity index (χ4v) is 3.39. The zero-order chi connectivity index (χ0) is 18.8. The number of halogens is 1. The number of aromatic nitrogens is 1. The molecule has 1 aliphatic heterocycles. The van der Waals surface area contributed by atoms with Crippen molar-refractivity contribution in [1.82, 2.24) is 9.88 Å². The molecule has 0 radical (unpaired) electrons. The molecule has 1 amide bonds. The number of carbonyl (C=O) groups excluding carboxylic acids is 1. The molecule has 1 fully saturated rings. The van der Waals surface area contributed by atoms with Crippen molar-refractivity contribution in [1.29, 1.82) is 0 Å². The van der Waals surface area contributed by atoms with Crippen LogP contribution >= 0.6 is 11.6 Å². The largest absolute Gasteiger partial charge is 0.487 e. The molecule has 138 valence electrons. The Balaban J connectivity index is 1.54. The van der Waals surface area contributed by atoms with Gasteiger partial charge in [-0.1, -0.05) is 23.7 Å². The van der Waals surface area contributed by atoms with Gasteiger partial charge in [0.2, 0.25) is 0 Å². The lowest BCUT2D eigenvalue weighted by Crippen LogP contribution is -2.44. The van der Waals surface area contributed by atoms with E-state index in [-0.39, 0.29) is 23.2 Å². The van der Waals surface area contributed by atoms with Crippen molar-refractivity contribution >= 4 is 28.5 Å². The van der Waals surface area contributed by atoms with E-state index in [1.54, 1.807) is 41.4 Å². The van der Waals surface area contributed by atoms with E-state index in [0.717, 1.165) is 12.8 Å². The highest BCUT2D eigenvalue weighted by Crippen LogP contribution is 2.26. The number of pyridine rings is 1. The fraction of sp³-hybridized carbons (Fsp3) is 0.250. The Hall–Kier alpha value is -2.86. The Kier molecular flexibility index (Phi) is 4.81. The monoisotopic (exact) mass is 384 g/mol. The topological polar surface area (TPSA) is 72.6 Å². The van der Waals surface area contributed by atoms with Crippen LogP contribution in [0.25, 0.3) is 11.0 Å². The first-order chi connectivity index (χ1) is 13.1. The number of piperidine rings is 1. The lowest BCUT2D eigenvalue weighted by molar-refractivity contribution is 0.0511. The van der Waals surface area contributed by atoms with Crippen molar-refractivity contribution < 1.29 is 13.9 Å². The van der Waals surface area contributed by atoms with Gasteiger partial charge >= 0.3 is 0 Å². The van der Waals surface area contributed by atoms with Crippen LogP contribution < -0.4 is 10.2 Å². The van der Waals surface area contributed by atoms with E-state index in [9.17, 15) is 9.59 Å². The smallest absolute Gasteiger partial charge is 0.289 e. The van der Waals surface area contributed by atoms with E-state index in [0.29, 0.717) is 34.8 Å². The maximum atomic E-state index is 12.9. The quantitative estimate of drug-likeness (QED) is 0.690. The molecule has 27 heavy (non-hydrogen) atoms.